The zero-order valence-electron chi connectivity index (χ0n) is 17.5. The number of hydrogen-bond donors (Lipinski definition) is 1. The molecule has 5 nitrogen and oxygen atoms in total. The largest absolute Gasteiger partial charge is 0.497 e. The van der Waals surface area contributed by atoms with Gasteiger partial charge in [0.2, 0.25) is 5.91 Å². The van der Waals surface area contributed by atoms with Gasteiger partial charge in [0, 0.05) is 23.9 Å². The lowest BCUT2D eigenvalue weighted by atomic mass is 10.1. The molecule has 0 aliphatic rings. The van der Waals surface area contributed by atoms with E-state index in [2.05, 4.69) is 36.5 Å². The Morgan fingerprint density at radius 2 is 1.73 bits per heavy atom. The molecule has 0 unspecified atom stereocenters. The molecule has 1 N–H and O–H groups in total. The van der Waals surface area contributed by atoms with Crippen LogP contribution in [-0.2, 0) is 11.2 Å². The molecule has 30 heavy (non-hydrogen) atoms. The fourth-order valence-electron chi connectivity index (χ4n) is 3.49. The maximum absolute atomic E-state index is 12.4. The number of aryl methyl sites for hydroxylation is 3. The smallest absolute Gasteiger partial charge is 0.224 e. The number of benzene rings is 2. The van der Waals surface area contributed by atoms with E-state index in [-0.39, 0.29) is 5.91 Å². The van der Waals surface area contributed by atoms with Crippen molar-refractivity contribution in [1.29, 1.82) is 0 Å². The summed E-state index contributed by atoms with van der Waals surface area (Å²) >= 11 is 0. The van der Waals surface area contributed by atoms with Gasteiger partial charge in [0.15, 0.2) is 0 Å². The number of carbonyl (C=O) groups is 1. The number of nitrogens with one attached hydrogen (secondary N) is 1. The summed E-state index contributed by atoms with van der Waals surface area (Å²) in [6.07, 6.45) is 3.09. The highest BCUT2D eigenvalue weighted by Gasteiger charge is 2.12. The van der Waals surface area contributed by atoms with Crippen molar-refractivity contribution in [2.75, 3.05) is 12.4 Å². The number of amides is 1. The molecule has 2 aromatic carbocycles. The van der Waals surface area contributed by atoms with Crippen LogP contribution in [0.2, 0.25) is 0 Å². The summed E-state index contributed by atoms with van der Waals surface area (Å²) in [6.45, 7) is 4.09. The first-order chi connectivity index (χ1) is 14.5. The van der Waals surface area contributed by atoms with Crippen LogP contribution in [-0.4, -0.2) is 22.4 Å². The molecule has 2 aromatic heterocycles. The maximum atomic E-state index is 12.4. The summed E-state index contributed by atoms with van der Waals surface area (Å²) in [7, 11) is 1.65. The lowest BCUT2D eigenvalue weighted by molar-refractivity contribution is -0.116. The van der Waals surface area contributed by atoms with Gasteiger partial charge < -0.3 is 14.5 Å². The summed E-state index contributed by atoms with van der Waals surface area (Å²) in [5.74, 6) is 0.818. The number of fused-ring (bicyclic) bond motifs is 1. The minimum atomic E-state index is 0.00284. The number of methoxy groups -OCH3 is 1. The van der Waals surface area contributed by atoms with Gasteiger partial charge in [0.25, 0.3) is 0 Å². The summed E-state index contributed by atoms with van der Waals surface area (Å²) < 4.78 is 7.24. The fraction of sp³-hybridized carbons (Fsp3) is 0.200. The van der Waals surface area contributed by atoms with Gasteiger partial charge in [0.1, 0.15) is 11.4 Å². The molecule has 0 fully saturated rings. The predicted octanol–water partition coefficient (Wildman–Crippen LogP) is 5.20. The highest BCUT2D eigenvalue weighted by atomic mass is 16.5. The average Bonchev–Trinajstić information content (AvgIpc) is 3.09. The Labute approximate surface area is 176 Å². The monoisotopic (exact) mass is 399 g/mol. The molecule has 0 bridgehead atoms. The van der Waals surface area contributed by atoms with Crippen molar-refractivity contribution in [3.05, 3.63) is 83.7 Å². The van der Waals surface area contributed by atoms with Gasteiger partial charge in [-0.1, -0.05) is 29.8 Å². The molecule has 0 spiro atoms. The van der Waals surface area contributed by atoms with E-state index < -0.39 is 0 Å². The van der Waals surface area contributed by atoms with Crippen LogP contribution in [0.5, 0.6) is 5.75 Å². The average molecular weight is 399 g/mol. The Morgan fingerprint density at radius 1 is 1.00 bits per heavy atom. The first kappa shape index (κ1) is 19.7. The number of carbonyl (C=O) groups excluding carboxylic acids is 1. The SMILES string of the molecule is COc1ccc(-c2nc3ccc(NC(=O)CCc4ccc(C)cc4)cn3c2C)cc1. The van der Waals surface area contributed by atoms with Crippen molar-refractivity contribution in [3.8, 4) is 17.0 Å². The summed E-state index contributed by atoms with van der Waals surface area (Å²) in [4.78, 5) is 17.2. The molecule has 4 rings (SSSR count). The van der Waals surface area contributed by atoms with Gasteiger partial charge in [-0.3, -0.25) is 4.79 Å². The fourth-order valence-corrected chi connectivity index (χ4v) is 3.49. The van der Waals surface area contributed by atoms with Crippen LogP contribution in [0, 0.1) is 13.8 Å². The zero-order valence-corrected chi connectivity index (χ0v) is 17.5. The van der Waals surface area contributed by atoms with Crippen LogP contribution in [0.1, 0.15) is 23.2 Å². The standard InChI is InChI=1S/C25H25N3O2/c1-17-4-6-19(7-5-17)8-15-24(29)26-21-11-14-23-27-25(18(2)28(23)16-21)20-9-12-22(30-3)13-10-20/h4-7,9-14,16H,8,15H2,1-3H3,(H,26,29). The third-order valence-electron chi connectivity index (χ3n) is 5.27. The molecule has 0 saturated carbocycles. The van der Waals surface area contributed by atoms with Crippen LogP contribution in [0.3, 0.4) is 0 Å². The lowest BCUT2D eigenvalue weighted by Gasteiger charge is -2.07. The Bertz CT molecular complexity index is 1180. The number of anilines is 1. The minimum Gasteiger partial charge on any atom is -0.497 e. The topological polar surface area (TPSA) is 55.6 Å². The summed E-state index contributed by atoms with van der Waals surface area (Å²) in [5.41, 5.74) is 6.96. The highest BCUT2D eigenvalue weighted by Crippen LogP contribution is 2.26. The molecule has 0 aliphatic carbocycles. The van der Waals surface area contributed by atoms with Crippen LogP contribution in [0.15, 0.2) is 66.9 Å². The van der Waals surface area contributed by atoms with E-state index in [1.807, 2.05) is 53.9 Å². The molecule has 0 radical (unpaired) electrons. The van der Waals surface area contributed by atoms with Crippen LogP contribution >= 0.6 is 0 Å². The third kappa shape index (κ3) is 4.20. The van der Waals surface area contributed by atoms with E-state index in [9.17, 15) is 4.79 Å². The van der Waals surface area contributed by atoms with E-state index in [0.29, 0.717) is 6.42 Å². The van der Waals surface area contributed by atoms with Crippen molar-refractivity contribution >= 4 is 17.2 Å². The minimum absolute atomic E-state index is 0.00284. The molecule has 0 saturated heterocycles. The predicted molar refractivity (Wildman–Crippen MR) is 120 cm³/mol. The molecule has 1 amide bonds. The van der Waals surface area contributed by atoms with Crippen LogP contribution in [0.25, 0.3) is 16.9 Å². The summed E-state index contributed by atoms with van der Waals surface area (Å²) in [6, 6.07) is 20.0. The van der Waals surface area contributed by atoms with Gasteiger partial charge in [-0.2, -0.15) is 0 Å². The van der Waals surface area contributed by atoms with Gasteiger partial charge in [0.05, 0.1) is 18.5 Å². The lowest BCUT2D eigenvalue weighted by Crippen LogP contribution is -2.12. The first-order valence-corrected chi connectivity index (χ1v) is 10.0. The molecular weight excluding hydrogens is 374 g/mol. The molecule has 4 aromatic rings. The van der Waals surface area contributed by atoms with E-state index >= 15 is 0 Å². The second-order valence-electron chi connectivity index (χ2n) is 7.45. The van der Waals surface area contributed by atoms with Crippen molar-refractivity contribution in [1.82, 2.24) is 9.38 Å². The Kier molecular flexibility index (Phi) is 5.53. The number of pyridine rings is 1. The number of nitrogens with zero attached hydrogens (tertiary/aromatic N) is 2. The van der Waals surface area contributed by atoms with Crippen LogP contribution < -0.4 is 10.1 Å². The van der Waals surface area contributed by atoms with Gasteiger partial charge in [-0.25, -0.2) is 4.98 Å². The van der Waals surface area contributed by atoms with E-state index in [0.717, 1.165) is 40.5 Å². The maximum Gasteiger partial charge on any atom is 0.224 e. The summed E-state index contributed by atoms with van der Waals surface area (Å²) in [5, 5.41) is 3.00. The van der Waals surface area contributed by atoms with Crippen molar-refractivity contribution in [3.63, 3.8) is 0 Å². The number of hydrogen-bond acceptors (Lipinski definition) is 3. The van der Waals surface area contributed by atoms with Crippen molar-refractivity contribution < 1.29 is 9.53 Å². The molecule has 0 aliphatic heterocycles. The number of rotatable bonds is 6. The Hall–Kier alpha value is -3.60. The molecule has 152 valence electrons. The van der Waals surface area contributed by atoms with Crippen molar-refractivity contribution in [2.45, 2.75) is 26.7 Å². The molecule has 2 heterocycles. The quantitative estimate of drug-likeness (QED) is 0.485. The number of imidazole rings is 1. The second-order valence-corrected chi connectivity index (χ2v) is 7.45. The van der Waals surface area contributed by atoms with Gasteiger partial charge in [-0.05, 0) is 62.2 Å². The highest BCUT2D eigenvalue weighted by molar-refractivity contribution is 5.90. The van der Waals surface area contributed by atoms with Gasteiger partial charge in [-0.15, -0.1) is 0 Å². The van der Waals surface area contributed by atoms with E-state index in [1.165, 1.54) is 11.1 Å². The van der Waals surface area contributed by atoms with Crippen LogP contribution in [0.4, 0.5) is 5.69 Å². The Balaban J connectivity index is 1.49. The molecule has 0 atom stereocenters. The normalized spacial score (nSPS) is 10.9. The van der Waals surface area contributed by atoms with Gasteiger partial charge >= 0.3 is 0 Å². The zero-order chi connectivity index (χ0) is 21.1. The number of ether oxygens (including phenoxy) is 1. The number of aromatic nitrogens is 2. The molecule has 5 heteroatoms. The van der Waals surface area contributed by atoms with E-state index in [4.69, 9.17) is 9.72 Å². The third-order valence-corrected chi connectivity index (χ3v) is 5.27. The molecular formula is C25H25N3O2. The van der Waals surface area contributed by atoms with E-state index in [1.54, 1.807) is 7.11 Å². The first-order valence-electron chi connectivity index (χ1n) is 10.0. The Morgan fingerprint density at radius 3 is 2.43 bits per heavy atom. The van der Waals surface area contributed by atoms with Crippen molar-refractivity contribution in [2.24, 2.45) is 0 Å². The second kappa shape index (κ2) is 8.41.